The Hall–Kier alpha value is -1.95. The molecule has 0 saturated heterocycles. The number of benzene rings is 1. The van der Waals surface area contributed by atoms with Crippen LogP contribution in [0, 0.1) is 19.3 Å². The summed E-state index contributed by atoms with van der Waals surface area (Å²) in [5.41, 5.74) is 8.07. The molecule has 0 radical (unpaired) electrons. The van der Waals surface area contributed by atoms with Gasteiger partial charge in [-0.3, -0.25) is 10.1 Å². The molecule has 0 unspecified atom stereocenters. The zero-order chi connectivity index (χ0) is 14.9. The van der Waals surface area contributed by atoms with E-state index >= 15 is 0 Å². The van der Waals surface area contributed by atoms with Crippen LogP contribution in [0.4, 0.5) is 0 Å². The Labute approximate surface area is 122 Å². The van der Waals surface area contributed by atoms with Crippen molar-refractivity contribution in [1.82, 2.24) is 9.78 Å². The van der Waals surface area contributed by atoms with Crippen LogP contribution >= 0.6 is 11.8 Å². The molecule has 0 saturated carbocycles. The number of hydrogen-bond donors (Lipinski definition) is 2. The molecule has 2 rings (SSSR count). The molecule has 106 valence electrons. The minimum Gasteiger partial charge on any atom is -0.453 e. The Balaban J connectivity index is 2.51. The quantitative estimate of drug-likeness (QED) is 0.515. The first-order valence-electron chi connectivity index (χ1n) is 6.15. The van der Waals surface area contributed by atoms with E-state index in [2.05, 4.69) is 5.10 Å². The van der Waals surface area contributed by atoms with Crippen molar-refractivity contribution in [3.63, 3.8) is 0 Å². The van der Waals surface area contributed by atoms with Crippen LogP contribution in [-0.4, -0.2) is 21.9 Å². The lowest BCUT2D eigenvalue weighted by molar-refractivity contribution is 0.471. The lowest BCUT2D eigenvalue weighted by atomic mass is 10.2. The summed E-state index contributed by atoms with van der Waals surface area (Å²) in [6.45, 7) is 3.84. The normalized spacial score (nSPS) is 10.6. The second-order valence-electron chi connectivity index (χ2n) is 4.47. The summed E-state index contributed by atoms with van der Waals surface area (Å²) in [5, 5.41) is 12.1. The van der Waals surface area contributed by atoms with E-state index in [0.717, 1.165) is 16.3 Å². The first-order chi connectivity index (χ1) is 9.45. The van der Waals surface area contributed by atoms with Crippen LogP contribution in [0.1, 0.15) is 17.0 Å². The van der Waals surface area contributed by atoms with Crippen molar-refractivity contribution in [2.75, 3.05) is 6.26 Å². The Morgan fingerprint density at radius 3 is 2.60 bits per heavy atom. The van der Waals surface area contributed by atoms with Gasteiger partial charge in [-0.15, -0.1) is 11.8 Å². The van der Waals surface area contributed by atoms with Gasteiger partial charge in [0.05, 0.1) is 11.3 Å². The van der Waals surface area contributed by atoms with Crippen LogP contribution in [0.25, 0.3) is 0 Å². The monoisotopic (exact) mass is 290 g/mol. The Bertz CT molecular complexity index is 663. The number of rotatable bonds is 4. The van der Waals surface area contributed by atoms with Crippen molar-refractivity contribution in [2.45, 2.75) is 18.7 Å². The maximum atomic E-state index is 7.76. The van der Waals surface area contributed by atoms with Gasteiger partial charge in [-0.25, -0.2) is 0 Å². The Morgan fingerprint density at radius 1 is 1.40 bits per heavy atom. The number of nitrogen functional groups attached to an aromatic ring is 1. The summed E-state index contributed by atoms with van der Waals surface area (Å²) < 4.78 is 7.75. The molecule has 0 aliphatic heterocycles. The summed E-state index contributed by atoms with van der Waals surface area (Å²) >= 11 is 1.54. The molecule has 2 aromatic rings. The number of nitrogens with zero attached hydrogens (tertiary/aromatic N) is 2. The number of nitrogens with two attached hydrogens (primary N) is 1. The van der Waals surface area contributed by atoms with Crippen molar-refractivity contribution in [3.05, 3.63) is 35.2 Å². The highest BCUT2D eigenvalue weighted by molar-refractivity contribution is 7.98. The fourth-order valence-electron chi connectivity index (χ4n) is 2.04. The lowest BCUT2D eigenvalue weighted by Gasteiger charge is -2.13. The molecule has 1 aromatic carbocycles. The molecular weight excluding hydrogens is 272 g/mol. The number of amidine groups is 1. The molecule has 1 aromatic heterocycles. The van der Waals surface area contributed by atoms with Crippen molar-refractivity contribution in [2.24, 2.45) is 12.8 Å². The molecule has 0 amide bonds. The highest BCUT2D eigenvalue weighted by atomic mass is 32.2. The molecule has 1 heterocycles. The molecule has 5 nitrogen and oxygen atoms in total. The van der Waals surface area contributed by atoms with Gasteiger partial charge in [0, 0.05) is 11.9 Å². The van der Waals surface area contributed by atoms with Gasteiger partial charge >= 0.3 is 0 Å². The first kappa shape index (κ1) is 14.5. The van der Waals surface area contributed by atoms with Crippen molar-refractivity contribution in [1.29, 1.82) is 5.41 Å². The predicted octanol–water partition coefficient (Wildman–Crippen LogP) is 2.84. The topological polar surface area (TPSA) is 76.9 Å². The number of ether oxygens (including phenoxy) is 1. The fraction of sp³-hybridized carbons (Fsp3) is 0.286. The third kappa shape index (κ3) is 2.51. The second kappa shape index (κ2) is 5.58. The van der Waals surface area contributed by atoms with E-state index in [1.807, 2.05) is 45.4 Å². The van der Waals surface area contributed by atoms with Crippen molar-refractivity contribution < 1.29 is 4.74 Å². The maximum absolute atomic E-state index is 7.76. The second-order valence-corrected chi connectivity index (χ2v) is 5.32. The Morgan fingerprint density at radius 2 is 2.10 bits per heavy atom. The summed E-state index contributed by atoms with van der Waals surface area (Å²) in [4.78, 5) is 0.925. The van der Waals surface area contributed by atoms with Crippen LogP contribution in [0.15, 0.2) is 23.1 Å². The van der Waals surface area contributed by atoms with E-state index in [4.69, 9.17) is 15.9 Å². The maximum Gasteiger partial charge on any atom is 0.171 e. The van der Waals surface area contributed by atoms with Crippen LogP contribution in [-0.2, 0) is 7.05 Å². The van der Waals surface area contributed by atoms with Gasteiger partial charge in [0.15, 0.2) is 5.75 Å². The van der Waals surface area contributed by atoms with Gasteiger partial charge in [0.2, 0.25) is 0 Å². The van der Waals surface area contributed by atoms with Gasteiger partial charge in [0.1, 0.15) is 17.3 Å². The number of aryl methyl sites for hydroxylation is 2. The number of thioether (sulfide) groups is 1. The zero-order valence-electron chi connectivity index (χ0n) is 12.0. The standard InChI is InChI=1S/C14H18N4OS/c1-8-13(9(2)18(3)17-8)19-10-6-5-7-11(20-4)12(10)14(15)16/h5-7H,1-4H3,(H3,15,16). The smallest absolute Gasteiger partial charge is 0.171 e. The van der Waals surface area contributed by atoms with Crippen LogP contribution in [0.3, 0.4) is 0 Å². The molecule has 0 bridgehead atoms. The van der Waals surface area contributed by atoms with Gasteiger partial charge in [-0.1, -0.05) is 6.07 Å². The lowest BCUT2D eigenvalue weighted by Crippen LogP contribution is -2.13. The first-order valence-corrected chi connectivity index (χ1v) is 7.37. The molecule has 3 N–H and O–H groups in total. The Kier molecular flexibility index (Phi) is 4.04. The van der Waals surface area contributed by atoms with Gasteiger partial charge in [0.25, 0.3) is 0 Å². The van der Waals surface area contributed by atoms with E-state index in [1.54, 1.807) is 16.4 Å². The van der Waals surface area contributed by atoms with Crippen LogP contribution in [0.5, 0.6) is 11.5 Å². The average Bonchev–Trinajstić information content (AvgIpc) is 2.64. The van der Waals surface area contributed by atoms with Crippen molar-refractivity contribution in [3.8, 4) is 11.5 Å². The van der Waals surface area contributed by atoms with Crippen LogP contribution in [0.2, 0.25) is 0 Å². The highest BCUT2D eigenvalue weighted by Crippen LogP contribution is 2.34. The van der Waals surface area contributed by atoms with Gasteiger partial charge in [-0.05, 0) is 32.2 Å². The van der Waals surface area contributed by atoms with Crippen LogP contribution < -0.4 is 10.5 Å². The summed E-state index contributed by atoms with van der Waals surface area (Å²) in [6.07, 6.45) is 1.95. The number of aromatic nitrogens is 2. The summed E-state index contributed by atoms with van der Waals surface area (Å²) in [7, 11) is 1.87. The third-order valence-electron chi connectivity index (χ3n) is 3.13. The number of hydrogen-bond acceptors (Lipinski definition) is 4. The van der Waals surface area contributed by atoms with E-state index in [-0.39, 0.29) is 5.84 Å². The van der Waals surface area contributed by atoms with E-state index in [9.17, 15) is 0 Å². The van der Waals surface area contributed by atoms with Gasteiger partial charge < -0.3 is 10.5 Å². The average molecular weight is 290 g/mol. The molecule has 0 fully saturated rings. The van der Waals surface area contributed by atoms with E-state index < -0.39 is 0 Å². The van der Waals surface area contributed by atoms with Crippen molar-refractivity contribution >= 4 is 17.6 Å². The minimum atomic E-state index is 0.00384. The molecular formula is C14H18N4OS. The zero-order valence-corrected chi connectivity index (χ0v) is 12.8. The highest BCUT2D eigenvalue weighted by Gasteiger charge is 2.17. The molecule has 20 heavy (non-hydrogen) atoms. The number of nitrogens with one attached hydrogen (secondary N) is 1. The third-order valence-corrected chi connectivity index (χ3v) is 3.91. The molecule has 0 aliphatic rings. The summed E-state index contributed by atoms with van der Waals surface area (Å²) in [6, 6.07) is 5.65. The summed E-state index contributed by atoms with van der Waals surface area (Å²) in [5.74, 6) is 1.31. The SMILES string of the molecule is CSc1cccc(Oc2c(C)nn(C)c2C)c1C(=N)N. The predicted molar refractivity (Wildman–Crippen MR) is 82.0 cm³/mol. The van der Waals surface area contributed by atoms with E-state index in [1.165, 1.54) is 0 Å². The molecule has 6 heteroatoms. The van der Waals surface area contributed by atoms with Gasteiger partial charge in [-0.2, -0.15) is 5.10 Å². The molecule has 0 atom stereocenters. The largest absolute Gasteiger partial charge is 0.453 e. The van der Waals surface area contributed by atoms with E-state index in [0.29, 0.717) is 17.1 Å². The molecule has 0 aliphatic carbocycles. The molecule has 0 spiro atoms. The minimum absolute atomic E-state index is 0.00384. The fourth-order valence-corrected chi connectivity index (χ4v) is 2.67.